The molecule has 38 heavy (non-hydrogen) atoms. The monoisotopic (exact) mass is 512 g/mol. The van der Waals surface area contributed by atoms with Gasteiger partial charge in [-0.1, -0.05) is 43.7 Å². The Morgan fingerprint density at radius 3 is 2.68 bits per heavy atom. The van der Waals surface area contributed by atoms with Gasteiger partial charge in [-0.25, -0.2) is 4.68 Å². The van der Waals surface area contributed by atoms with Crippen molar-refractivity contribution < 1.29 is 9.15 Å². The van der Waals surface area contributed by atoms with Crippen LogP contribution in [0.1, 0.15) is 55.4 Å². The third kappa shape index (κ3) is 5.84. The van der Waals surface area contributed by atoms with Gasteiger partial charge in [-0.3, -0.25) is 9.69 Å². The van der Waals surface area contributed by atoms with Crippen molar-refractivity contribution in [1.82, 2.24) is 30.1 Å². The van der Waals surface area contributed by atoms with E-state index < -0.39 is 0 Å². The number of ether oxygens (including phenoxy) is 1. The molecule has 0 fully saturated rings. The SMILES string of the molecule is CCC[C@@H](c1nnnn1Cc1ccco1)N(Cc1ccccc1)Cc1cc2cc(OCC)ccc2[nH]c1=O. The van der Waals surface area contributed by atoms with Crippen molar-refractivity contribution >= 4 is 10.9 Å². The van der Waals surface area contributed by atoms with Crippen LogP contribution >= 0.6 is 0 Å². The first kappa shape index (κ1) is 25.4. The largest absolute Gasteiger partial charge is 0.494 e. The number of H-pyrrole nitrogens is 1. The Morgan fingerprint density at radius 2 is 1.92 bits per heavy atom. The zero-order valence-corrected chi connectivity index (χ0v) is 21.7. The van der Waals surface area contributed by atoms with Gasteiger partial charge in [0.15, 0.2) is 5.82 Å². The minimum absolute atomic E-state index is 0.106. The van der Waals surface area contributed by atoms with E-state index in [0.29, 0.717) is 31.8 Å². The molecule has 2 aromatic carbocycles. The molecule has 9 nitrogen and oxygen atoms in total. The second-order valence-corrected chi connectivity index (χ2v) is 9.27. The first-order valence-electron chi connectivity index (χ1n) is 13.0. The predicted molar refractivity (Wildman–Crippen MR) is 145 cm³/mol. The van der Waals surface area contributed by atoms with E-state index in [1.807, 2.05) is 61.5 Å². The number of nitrogens with one attached hydrogen (secondary N) is 1. The van der Waals surface area contributed by atoms with Crippen molar-refractivity contribution in [3.8, 4) is 5.75 Å². The fraction of sp³-hybridized carbons (Fsp3) is 0.310. The molecule has 3 heterocycles. The molecule has 1 N–H and O–H groups in total. The van der Waals surface area contributed by atoms with Crippen LogP contribution < -0.4 is 10.3 Å². The highest BCUT2D eigenvalue weighted by Gasteiger charge is 2.27. The predicted octanol–water partition coefficient (Wildman–Crippen LogP) is 5.10. The number of pyridine rings is 1. The number of fused-ring (bicyclic) bond motifs is 1. The van der Waals surface area contributed by atoms with Gasteiger partial charge in [0, 0.05) is 29.6 Å². The van der Waals surface area contributed by atoms with Gasteiger partial charge in [-0.05, 0) is 65.7 Å². The Labute approximate surface area is 221 Å². The molecule has 0 bridgehead atoms. The van der Waals surface area contributed by atoms with Crippen LogP contribution in [-0.2, 0) is 19.6 Å². The summed E-state index contributed by atoms with van der Waals surface area (Å²) in [7, 11) is 0. The molecule has 5 aromatic rings. The molecule has 0 radical (unpaired) electrons. The second-order valence-electron chi connectivity index (χ2n) is 9.27. The Kier molecular flexibility index (Phi) is 7.94. The van der Waals surface area contributed by atoms with Crippen LogP contribution in [0.5, 0.6) is 5.75 Å². The van der Waals surface area contributed by atoms with Gasteiger partial charge in [-0.15, -0.1) is 5.10 Å². The second kappa shape index (κ2) is 11.9. The van der Waals surface area contributed by atoms with Crippen LogP contribution in [0.3, 0.4) is 0 Å². The van der Waals surface area contributed by atoms with Crippen molar-refractivity contribution in [2.24, 2.45) is 0 Å². The summed E-state index contributed by atoms with van der Waals surface area (Å²) in [4.78, 5) is 18.5. The molecule has 0 aliphatic carbocycles. The molecule has 0 unspecified atom stereocenters. The van der Waals surface area contributed by atoms with E-state index in [4.69, 9.17) is 9.15 Å². The third-order valence-corrected chi connectivity index (χ3v) is 6.55. The summed E-state index contributed by atoms with van der Waals surface area (Å²) in [5.74, 6) is 2.30. The Morgan fingerprint density at radius 1 is 1.05 bits per heavy atom. The number of hydrogen-bond acceptors (Lipinski definition) is 7. The lowest BCUT2D eigenvalue weighted by Gasteiger charge is -2.31. The molecule has 0 amide bonds. The molecule has 0 aliphatic heterocycles. The Bertz CT molecular complexity index is 1510. The lowest BCUT2D eigenvalue weighted by Crippen LogP contribution is -2.32. The van der Waals surface area contributed by atoms with Crippen molar-refractivity contribution in [2.75, 3.05) is 6.61 Å². The maximum absolute atomic E-state index is 13.2. The number of rotatable bonds is 12. The molecule has 5 rings (SSSR count). The highest BCUT2D eigenvalue weighted by Crippen LogP contribution is 2.28. The molecular formula is C29H32N6O3. The van der Waals surface area contributed by atoms with Gasteiger partial charge in [-0.2, -0.15) is 0 Å². The fourth-order valence-corrected chi connectivity index (χ4v) is 4.78. The van der Waals surface area contributed by atoms with E-state index in [-0.39, 0.29) is 11.6 Å². The highest BCUT2D eigenvalue weighted by atomic mass is 16.5. The average Bonchev–Trinajstić information content (AvgIpc) is 3.61. The first-order chi connectivity index (χ1) is 18.6. The maximum atomic E-state index is 13.2. The molecule has 3 aromatic heterocycles. The third-order valence-electron chi connectivity index (χ3n) is 6.55. The maximum Gasteiger partial charge on any atom is 0.252 e. The minimum Gasteiger partial charge on any atom is -0.494 e. The number of benzene rings is 2. The van der Waals surface area contributed by atoms with Crippen molar-refractivity contribution in [3.05, 3.63) is 106 Å². The lowest BCUT2D eigenvalue weighted by atomic mass is 10.1. The van der Waals surface area contributed by atoms with Crippen LogP contribution in [0.15, 0.2) is 82.2 Å². The van der Waals surface area contributed by atoms with Crippen LogP contribution in [0, 0.1) is 0 Å². The quantitative estimate of drug-likeness (QED) is 0.248. The molecule has 0 aliphatic rings. The van der Waals surface area contributed by atoms with Gasteiger partial charge in [0.1, 0.15) is 18.1 Å². The smallest absolute Gasteiger partial charge is 0.252 e. The number of hydrogen-bond donors (Lipinski definition) is 1. The molecule has 9 heteroatoms. The van der Waals surface area contributed by atoms with E-state index in [9.17, 15) is 4.79 Å². The van der Waals surface area contributed by atoms with Crippen LogP contribution in [0.4, 0.5) is 0 Å². The standard InChI is InChI=1S/C29H32N6O3/c1-3-9-27(28-31-32-33-35(28)20-25-12-8-15-38-25)34(18-21-10-6-5-7-11-21)19-23-16-22-17-24(37-4-2)13-14-26(22)30-29(23)36/h5-8,10-17,27H,3-4,9,18-20H2,1-2H3,(H,30,36)/t27-/m0/s1. The molecule has 0 saturated carbocycles. The Balaban J connectivity index is 1.53. The van der Waals surface area contributed by atoms with E-state index >= 15 is 0 Å². The van der Waals surface area contributed by atoms with Gasteiger partial charge in [0.25, 0.3) is 5.56 Å². The van der Waals surface area contributed by atoms with Crippen LogP contribution in [0.2, 0.25) is 0 Å². The summed E-state index contributed by atoms with van der Waals surface area (Å²) < 4.78 is 13.0. The summed E-state index contributed by atoms with van der Waals surface area (Å²) in [6.07, 6.45) is 3.40. The van der Waals surface area contributed by atoms with Crippen LogP contribution in [0.25, 0.3) is 10.9 Å². The van der Waals surface area contributed by atoms with Crippen LogP contribution in [-0.4, -0.2) is 36.7 Å². The first-order valence-corrected chi connectivity index (χ1v) is 13.0. The van der Waals surface area contributed by atoms with Crippen molar-refractivity contribution in [1.29, 1.82) is 0 Å². The number of furan rings is 1. The fourth-order valence-electron chi connectivity index (χ4n) is 4.78. The van der Waals surface area contributed by atoms with Crippen molar-refractivity contribution in [2.45, 2.75) is 52.4 Å². The van der Waals surface area contributed by atoms with Gasteiger partial charge < -0.3 is 14.1 Å². The van der Waals surface area contributed by atoms with Gasteiger partial charge in [0.2, 0.25) is 0 Å². The summed E-state index contributed by atoms with van der Waals surface area (Å²) in [5.41, 5.74) is 2.50. The summed E-state index contributed by atoms with van der Waals surface area (Å²) in [6.45, 7) is 6.18. The zero-order valence-electron chi connectivity index (χ0n) is 21.7. The average molecular weight is 513 g/mol. The molecule has 0 saturated heterocycles. The number of tetrazole rings is 1. The van der Waals surface area contributed by atoms with E-state index in [1.165, 1.54) is 0 Å². The van der Waals surface area contributed by atoms with Crippen molar-refractivity contribution in [3.63, 3.8) is 0 Å². The summed E-state index contributed by atoms with van der Waals surface area (Å²) in [5, 5.41) is 13.6. The van der Waals surface area contributed by atoms with Gasteiger partial charge >= 0.3 is 0 Å². The van der Waals surface area contributed by atoms with E-state index in [0.717, 1.165) is 46.6 Å². The summed E-state index contributed by atoms with van der Waals surface area (Å²) in [6, 6.07) is 21.6. The lowest BCUT2D eigenvalue weighted by molar-refractivity contribution is 0.155. The highest BCUT2D eigenvalue weighted by molar-refractivity contribution is 5.80. The molecule has 1 atom stereocenters. The molecular weight excluding hydrogens is 480 g/mol. The Hall–Kier alpha value is -4.24. The van der Waals surface area contributed by atoms with E-state index in [1.54, 1.807) is 10.9 Å². The van der Waals surface area contributed by atoms with Gasteiger partial charge in [0.05, 0.1) is 18.9 Å². The topological polar surface area (TPSA) is 102 Å². The minimum atomic E-state index is -0.116. The van der Waals surface area contributed by atoms with E-state index in [2.05, 4.69) is 44.5 Å². The zero-order chi connectivity index (χ0) is 26.3. The molecule has 0 spiro atoms. The normalized spacial score (nSPS) is 12.3. The number of nitrogens with zero attached hydrogens (tertiary/aromatic N) is 5. The molecule has 196 valence electrons. The number of aromatic nitrogens is 5. The number of aromatic amines is 1. The summed E-state index contributed by atoms with van der Waals surface area (Å²) >= 11 is 0.